The van der Waals surface area contributed by atoms with E-state index in [1.54, 1.807) is 6.21 Å². The molecule has 0 spiro atoms. The second-order valence-electron chi connectivity index (χ2n) is 4.67. The lowest BCUT2D eigenvalue weighted by Crippen LogP contribution is -2.18. The van der Waals surface area contributed by atoms with Crippen LogP contribution in [-0.2, 0) is 5.66 Å². The third-order valence-electron chi connectivity index (χ3n) is 3.33. The topological polar surface area (TPSA) is 115 Å². The Hall–Kier alpha value is -2.83. The molecule has 0 fully saturated rings. The summed E-state index contributed by atoms with van der Waals surface area (Å²) in [5.41, 5.74) is 12.1. The third kappa shape index (κ3) is 2.33. The van der Waals surface area contributed by atoms with Crippen LogP contribution in [0.25, 0.3) is 0 Å². The van der Waals surface area contributed by atoms with E-state index in [-0.39, 0.29) is 11.9 Å². The lowest BCUT2D eigenvalue weighted by Gasteiger charge is -2.21. The van der Waals surface area contributed by atoms with Crippen molar-refractivity contribution in [3.8, 4) is 0 Å². The molecular formula is C14H15N7. The molecule has 0 amide bonds. The third-order valence-corrected chi connectivity index (χ3v) is 3.33. The lowest BCUT2D eigenvalue weighted by molar-refractivity contribution is 0.466. The van der Waals surface area contributed by atoms with E-state index in [0.29, 0.717) is 11.5 Å². The summed E-state index contributed by atoms with van der Waals surface area (Å²) in [5.74, 6) is 0.486. The van der Waals surface area contributed by atoms with E-state index in [4.69, 9.17) is 16.5 Å². The molecule has 1 atom stereocenters. The summed E-state index contributed by atoms with van der Waals surface area (Å²) in [4.78, 5) is 21.1. The number of hydrogen-bond acceptors (Lipinski definition) is 7. The SMILES string of the molecule is CCC1(c2ccccc2)N=CC(c2nc(N)nc(N)n2)=N1. The Labute approximate surface area is 121 Å². The van der Waals surface area contributed by atoms with Crippen LogP contribution in [0, 0.1) is 0 Å². The van der Waals surface area contributed by atoms with Crippen molar-refractivity contribution in [1.29, 1.82) is 0 Å². The number of nitrogen functional groups attached to an aromatic ring is 2. The molecule has 0 radical (unpaired) electrons. The Morgan fingerprint density at radius 2 is 1.67 bits per heavy atom. The number of aliphatic imine (C=N–C) groups is 2. The first kappa shape index (κ1) is 13.2. The number of rotatable bonds is 3. The van der Waals surface area contributed by atoms with Gasteiger partial charge in [-0.25, -0.2) is 4.99 Å². The minimum atomic E-state index is -0.632. The zero-order valence-corrected chi connectivity index (χ0v) is 11.6. The van der Waals surface area contributed by atoms with E-state index in [0.717, 1.165) is 12.0 Å². The Morgan fingerprint density at radius 1 is 1.00 bits per heavy atom. The van der Waals surface area contributed by atoms with Gasteiger partial charge in [0, 0.05) is 5.56 Å². The quantitative estimate of drug-likeness (QED) is 0.876. The summed E-state index contributed by atoms with van der Waals surface area (Å²) in [6.45, 7) is 2.03. The highest BCUT2D eigenvalue weighted by atomic mass is 15.2. The van der Waals surface area contributed by atoms with Crippen molar-refractivity contribution in [3.63, 3.8) is 0 Å². The Morgan fingerprint density at radius 3 is 2.29 bits per heavy atom. The van der Waals surface area contributed by atoms with Gasteiger partial charge in [0.05, 0.1) is 6.21 Å². The first-order valence-corrected chi connectivity index (χ1v) is 6.61. The van der Waals surface area contributed by atoms with Crippen LogP contribution < -0.4 is 11.5 Å². The van der Waals surface area contributed by atoms with Crippen LogP contribution in [0.5, 0.6) is 0 Å². The average Bonchev–Trinajstić information content (AvgIpc) is 2.93. The number of anilines is 2. The van der Waals surface area contributed by atoms with Gasteiger partial charge in [0.15, 0.2) is 11.5 Å². The van der Waals surface area contributed by atoms with Crippen LogP contribution >= 0.6 is 0 Å². The maximum absolute atomic E-state index is 5.60. The molecule has 7 nitrogen and oxygen atoms in total. The standard InChI is InChI=1S/C14H15N7/c1-2-14(9-6-4-3-5-7-9)17-8-10(21-14)11-18-12(15)20-13(16)19-11/h3-8H,2H2,1H3,(H4,15,16,18,19,20). The summed E-state index contributed by atoms with van der Waals surface area (Å²) in [7, 11) is 0. The van der Waals surface area contributed by atoms with Crippen LogP contribution in [0.1, 0.15) is 24.7 Å². The van der Waals surface area contributed by atoms with Gasteiger partial charge < -0.3 is 11.5 Å². The van der Waals surface area contributed by atoms with Crippen LogP contribution in [0.15, 0.2) is 40.3 Å². The second kappa shape index (κ2) is 4.93. The van der Waals surface area contributed by atoms with Gasteiger partial charge in [-0.2, -0.15) is 15.0 Å². The fraction of sp³-hybridized carbons (Fsp3) is 0.214. The highest BCUT2D eigenvalue weighted by molar-refractivity contribution is 6.38. The predicted molar refractivity (Wildman–Crippen MR) is 82.1 cm³/mol. The van der Waals surface area contributed by atoms with Gasteiger partial charge >= 0.3 is 0 Å². The molecule has 21 heavy (non-hydrogen) atoms. The smallest absolute Gasteiger partial charge is 0.225 e. The molecule has 1 aromatic carbocycles. The molecule has 1 aromatic heterocycles. The fourth-order valence-corrected chi connectivity index (χ4v) is 2.28. The maximum atomic E-state index is 5.60. The van der Waals surface area contributed by atoms with Crippen LogP contribution in [0.2, 0.25) is 0 Å². The van der Waals surface area contributed by atoms with Crippen LogP contribution in [0.4, 0.5) is 11.9 Å². The van der Waals surface area contributed by atoms with E-state index >= 15 is 0 Å². The van der Waals surface area contributed by atoms with Gasteiger partial charge in [0.1, 0.15) is 5.71 Å². The molecule has 4 N–H and O–H groups in total. The summed E-state index contributed by atoms with van der Waals surface area (Å²) >= 11 is 0. The van der Waals surface area contributed by atoms with Crippen molar-refractivity contribution in [1.82, 2.24) is 15.0 Å². The Bertz CT molecular complexity index is 703. The van der Waals surface area contributed by atoms with E-state index < -0.39 is 5.66 Å². The van der Waals surface area contributed by atoms with Crippen molar-refractivity contribution < 1.29 is 0 Å². The minimum absolute atomic E-state index is 0.0716. The fourth-order valence-electron chi connectivity index (χ4n) is 2.28. The minimum Gasteiger partial charge on any atom is -0.368 e. The lowest BCUT2D eigenvalue weighted by atomic mass is 9.98. The highest BCUT2D eigenvalue weighted by Gasteiger charge is 2.33. The normalized spacial score (nSPS) is 20.5. The summed E-state index contributed by atoms with van der Waals surface area (Å²) in [6.07, 6.45) is 2.39. The molecule has 3 rings (SSSR count). The van der Waals surface area contributed by atoms with Gasteiger partial charge in [-0.3, -0.25) is 4.99 Å². The van der Waals surface area contributed by atoms with E-state index in [1.165, 1.54) is 0 Å². The van der Waals surface area contributed by atoms with E-state index in [2.05, 4.69) is 19.9 Å². The van der Waals surface area contributed by atoms with Crippen molar-refractivity contribution in [2.24, 2.45) is 9.98 Å². The number of nitrogens with zero attached hydrogens (tertiary/aromatic N) is 5. The van der Waals surface area contributed by atoms with Crippen molar-refractivity contribution in [2.45, 2.75) is 19.0 Å². The van der Waals surface area contributed by atoms with Gasteiger partial charge in [-0.05, 0) is 6.42 Å². The van der Waals surface area contributed by atoms with E-state index in [1.807, 2.05) is 37.3 Å². The summed E-state index contributed by atoms with van der Waals surface area (Å²) in [5, 5.41) is 0. The highest BCUT2D eigenvalue weighted by Crippen LogP contribution is 2.34. The Balaban J connectivity index is 2.05. The number of aromatic nitrogens is 3. The largest absolute Gasteiger partial charge is 0.368 e. The molecule has 0 saturated carbocycles. The van der Waals surface area contributed by atoms with Crippen molar-refractivity contribution in [3.05, 3.63) is 41.7 Å². The van der Waals surface area contributed by atoms with Crippen molar-refractivity contribution >= 4 is 23.8 Å². The zero-order chi connectivity index (χ0) is 14.9. The Kier molecular flexibility index (Phi) is 3.09. The monoisotopic (exact) mass is 281 g/mol. The number of hydrogen-bond donors (Lipinski definition) is 2. The van der Waals surface area contributed by atoms with Gasteiger partial charge in [0.25, 0.3) is 0 Å². The molecular weight excluding hydrogens is 266 g/mol. The van der Waals surface area contributed by atoms with Gasteiger partial charge in [0.2, 0.25) is 11.9 Å². The summed E-state index contributed by atoms with van der Waals surface area (Å²) in [6, 6.07) is 9.90. The molecule has 2 aromatic rings. The van der Waals surface area contributed by atoms with Crippen LogP contribution in [-0.4, -0.2) is 26.9 Å². The molecule has 2 heterocycles. The number of benzene rings is 1. The molecule has 0 bridgehead atoms. The molecule has 1 unspecified atom stereocenters. The first-order valence-electron chi connectivity index (χ1n) is 6.61. The molecule has 1 aliphatic heterocycles. The molecule has 0 saturated heterocycles. The maximum Gasteiger partial charge on any atom is 0.225 e. The van der Waals surface area contributed by atoms with Crippen molar-refractivity contribution in [2.75, 3.05) is 11.5 Å². The summed E-state index contributed by atoms with van der Waals surface area (Å²) < 4.78 is 0. The zero-order valence-electron chi connectivity index (χ0n) is 11.6. The van der Waals surface area contributed by atoms with E-state index in [9.17, 15) is 0 Å². The molecule has 106 valence electrons. The van der Waals surface area contributed by atoms with Crippen LogP contribution in [0.3, 0.4) is 0 Å². The van der Waals surface area contributed by atoms with Gasteiger partial charge in [-0.1, -0.05) is 37.3 Å². The number of nitrogens with two attached hydrogens (primary N) is 2. The molecule has 1 aliphatic rings. The van der Waals surface area contributed by atoms with Gasteiger partial charge in [-0.15, -0.1) is 0 Å². The molecule has 7 heteroatoms. The first-order chi connectivity index (χ1) is 10.1. The molecule has 0 aliphatic carbocycles. The predicted octanol–water partition coefficient (Wildman–Crippen LogP) is 1.17. The average molecular weight is 281 g/mol. The second-order valence-corrected chi connectivity index (χ2v) is 4.67.